The molecule has 1 aromatic carbocycles. The highest BCUT2D eigenvalue weighted by molar-refractivity contribution is 5.83. The number of nitrogens with one attached hydrogen (secondary N) is 1. The van der Waals surface area contributed by atoms with E-state index in [1.807, 2.05) is 6.07 Å². The molecule has 0 saturated carbocycles. The first-order valence-corrected chi connectivity index (χ1v) is 7.15. The van der Waals surface area contributed by atoms with Crippen LogP contribution < -0.4 is 10.5 Å². The first kappa shape index (κ1) is 14.9. The van der Waals surface area contributed by atoms with Gasteiger partial charge in [0.25, 0.3) is 0 Å². The number of methoxy groups -OCH3 is 1. The highest BCUT2D eigenvalue weighted by Gasteiger charge is 2.32. The van der Waals surface area contributed by atoms with E-state index in [0.717, 1.165) is 38.2 Å². The van der Waals surface area contributed by atoms with E-state index in [-0.39, 0.29) is 5.41 Å². The maximum atomic E-state index is 7.70. The lowest BCUT2D eigenvalue weighted by molar-refractivity contribution is 0.154. The molecule has 1 aliphatic rings. The Bertz CT molecular complexity index is 490. The molecule has 4 heteroatoms. The largest absolute Gasteiger partial charge is 0.496 e. The predicted octanol–water partition coefficient (Wildman–Crippen LogP) is 2.54. The molecule has 4 nitrogen and oxygen atoms in total. The normalized spacial score (nSPS) is 18.8. The molecule has 1 aliphatic heterocycles. The standard InChI is InChI=1S/C16H25N3O/c1-12-4-5-14(20-3)13(10-12)11-19-8-6-16(2,7-9-19)15(17)18/h4-5,10H,6-9,11H2,1-3H3,(H3,17,18). The summed E-state index contributed by atoms with van der Waals surface area (Å²) in [6.07, 6.45) is 1.91. The van der Waals surface area contributed by atoms with Crippen molar-refractivity contribution in [1.29, 1.82) is 5.41 Å². The molecule has 0 atom stereocenters. The SMILES string of the molecule is COc1ccc(C)cc1CN1CCC(C)(C(=N)N)CC1. The maximum Gasteiger partial charge on any atom is 0.123 e. The summed E-state index contributed by atoms with van der Waals surface area (Å²) in [5, 5.41) is 7.70. The number of amidine groups is 1. The lowest BCUT2D eigenvalue weighted by atomic mass is 9.79. The number of likely N-dealkylation sites (tertiary alicyclic amines) is 1. The Morgan fingerprint density at radius 3 is 2.60 bits per heavy atom. The maximum absolute atomic E-state index is 7.70. The molecule has 3 N–H and O–H groups in total. The number of nitrogens with zero attached hydrogens (tertiary/aromatic N) is 1. The van der Waals surface area contributed by atoms with Gasteiger partial charge in [0.1, 0.15) is 5.75 Å². The average molecular weight is 275 g/mol. The Hall–Kier alpha value is -1.55. The van der Waals surface area contributed by atoms with E-state index < -0.39 is 0 Å². The number of nitrogens with two attached hydrogens (primary N) is 1. The van der Waals surface area contributed by atoms with Crippen molar-refractivity contribution in [2.24, 2.45) is 11.1 Å². The third-order valence-electron chi connectivity index (χ3n) is 4.44. The van der Waals surface area contributed by atoms with Gasteiger partial charge in [-0.2, -0.15) is 0 Å². The summed E-state index contributed by atoms with van der Waals surface area (Å²) >= 11 is 0. The van der Waals surface area contributed by atoms with Crippen LogP contribution in [0, 0.1) is 17.7 Å². The first-order valence-electron chi connectivity index (χ1n) is 7.15. The van der Waals surface area contributed by atoms with Crippen LogP contribution in [0.1, 0.15) is 30.9 Å². The van der Waals surface area contributed by atoms with Crippen LogP contribution in [-0.2, 0) is 6.54 Å². The Balaban J connectivity index is 2.03. The highest BCUT2D eigenvalue weighted by atomic mass is 16.5. The van der Waals surface area contributed by atoms with E-state index in [4.69, 9.17) is 15.9 Å². The Labute approximate surface area is 121 Å². The van der Waals surface area contributed by atoms with Crippen LogP contribution in [0.5, 0.6) is 5.75 Å². The Morgan fingerprint density at radius 2 is 2.05 bits per heavy atom. The fraction of sp³-hybridized carbons (Fsp3) is 0.562. The molecule has 110 valence electrons. The molecule has 2 rings (SSSR count). The number of aryl methyl sites for hydroxylation is 1. The van der Waals surface area contributed by atoms with E-state index in [1.165, 1.54) is 11.1 Å². The van der Waals surface area contributed by atoms with Crippen LogP contribution in [0.15, 0.2) is 18.2 Å². The fourth-order valence-electron chi connectivity index (χ4n) is 2.75. The third kappa shape index (κ3) is 3.12. The Kier molecular flexibility index (Phi) is 4.33. The molecule has 0 radical (unpaired) electrons. The van der Waals surface area contributed by atoms with Gasteiger partial charge in [0.05, 0.1) is 12.9 Å². The average Bonchev–Trinajstić information content (AvgIpc) is 2.42. The number of piperidine rings is 1. The van der Waals surface area contributed by atoms with Crippen LogP contribution >= 0.6 is 0 Å². The van der Waals surface area contributed by atoms with Gasteiger partial charge in [-0.25, -0.2) is 0 Å². The number of hydrogen-bond acceptors (Lipinski definition) is 3. The van der Waals surface area contributed by atoms with Gasteiger partial charge in [0, 0.05) is 17.5 Å². The second kappa shape index (κ2) is 5.83. The van der Waals surface area contributed by atoms with Crippen LogP contribution in [0.25, 0.3) is 0 Å². The number of benzene rings is 1. The van der Waals surface area contributed by atoms with Crippen molar-refractivity contribution in [1.82, 2.24) is 4.90 Å². The lowest BCUT2D eigenvalue weighted by Gasteiger charge is -2.38. The second-order valence-corrected chi connectivity index (χ2v) is 6.07. The van der Waals surface area contributed by atoms with Crippen molar-refractivity contribution in [2.75, 3.05) is 20.2 Å². The van der Waals surface area contributed by atoms with Crippen molar-refractivity contribution in [3.63, 3.8) is 0 Å². The van der Waals surface area contributed by atoms with Gasteiger partial charge >= 0.3 is 0 Å². The molecule has 1 saturated heterocycles. The van der Waals surface area contributed by atoms with Crippen LogP contribution in [-0.4, -0.2) is 30.9 Å². The minimum absolute atomic E-state index is 0.118. The van der Waals surface area contributed by atoms with E-state index >= 15 is 0 Å². The summed E-state index contributed by atoms with van der Waals surface area (Å²) in [5.74, 6) is 1.28. The zero-order valence-corrected chi connectivity index (χ0v) is 12.7. The summed E-state index contributed by atoms with van der Waals surface area (Å²) in [6, 6.07) is 6.30. The van der Waals surface area contributed by atoms with Crippen molar-refractivity contribution < 1.29 is 4.74 Å². The van der Waals surface area contributed by atoms with E-state index in [9.17, 15) is 0 Å². The number of hydrogen-bond donors (Lipinski definition) is 2. The monoisotopic (exact) mass is 275 g/mol. The van der Waals surface area contributed by atoms with Gasteiger partial charge in [-0.05, 0) is 38.9 Å². The van der Waals surface area contributed by atoms with Gasteiger partial charge in [0.15, 0.2) is 0 Å². The van der Waals surface area contributed by atoms with E-state index in [1.54, 1.807) is 7.11 Å². The summed E-state index contributed by atoms with van der Waals surface area (Å²) in [7, 11) is 1.72. The zero-order chi connectivity index (χ0) is 14.8. The molecule has 1 aromatic rings. The highest BCUT2D eigenvalue weighted by Crippen LogP contribution is 2.32. The zero-order valence-electron chi connectivity index (χ0n) is 12.7. The molecule has 1 fully saturated rings. The van der Waals surface area contributed by atoms with Crippen molar-refractivity contribution in [3.05, 3.63) is 29.3 Å². The second-order valence-electron chi connectivity index (χ2n) is 6.07. The summed E-state index contributed by atoms with van der Waals surface area (Å²) in [5.41, 5.74) is 8.08. The molecule has 0 amide bonds. The van der Waals surface area contributed by atoms with Gasteiger partial charge < -0.3 is 10.5 Å². The van der Waals surface area contributed by atoms with Gasteiger partial charge in [-0.1, -0.05) is 24.6 Å². The first-order chi connectivity index (χ1) is 9.44. The van der Waals surface area contributed by atoms with Gasteiger partial charge in [0.2, 0.25) is 0 Å². The van der Waals surface area contributed by atoms with Gasteiger partial charge in [-0.3, -0.25) is 10.3 Å². The molecular weight excluding hydrogens is 250 g/mol. The molecule has 0 bridgehead atoms. The summed E-state index contributed by atoms with van der Waals surface area (Å²) in [4.78, 5) is 2.42. The molecule has 0 aliphatic carbocycles. The topological polar surface area (TPSA) is 62.3 Å². The Morgan fingerprint density at radius 1 is 1.40 bits per heavy atom. The minimum atomic E-state index is -0.118. The quantitative estimate of drug-likeness (QED) is 0.655. The van der Waals surface area contributed by atoms with Crippen molar-refractivity contribution >= 4 is 5.84 Å². The predicted molar refractivity (Wildman–Crippen MR) is 82.3 cm³/mol. The fourth-order valence-corrected chi connectivity index (χ4v) is 2.75. The molecule has 0 aromatic heterocycles. The van der Waals surface area contributed by atoms with E-state index in [2.05, 4.69) is 30.9 Å². The molecule has 1 heterocycles. The lowest BCUT2D eigenvalue weighted by Crippen LogP contribution is -2.44. The molecule has 0 unspecified atom stereocenters. The van der Waals surface area contributed by atoms with Crippen molar-refractivity contribution in [3.8, 4) is 5.75 Å². The molecule has 0 spiro atoms. The van der Waals surface area contributed by atoms with Gasteiger partial charge in [-0.15, -0.1) is 0 Å². The summed E-state index contributed by atoms with van der Waals surface area (Å²) in [6.45, 7) is 7.06. The smallest absolute Gasteiger partial charge is 0.123 e. The van der Waals surface area contributed by atoms with Crippen LogP contribution in [0.2, 0.25) is 0 Å². The minimum Gasteiger partial charge on any atom is -0.496 e. The van der Waals surface area contributed by atoms with E-state index in [0.29, 0.717) is 5.84 Å². The molecular formula is C16H25N3O. The molecule has 20 heavy (non-hydrogen) atoms. The van der Waals surface area contributed by atoms with Crippen molar-refractivity contribution in [2.45, 2.75) is 33.2 Å². The third-order valence-corrected chi connectivity index (χ3v) is 4.44. The summed E-state index contributed by atoms with van der Waals surface area (Å²) < 4.78 is 5.44. The van der Waals surface area contributed by atoms with Crippen LogP contribution in [0.4, 0.5) is 0 Å². The number of rotatable bonds is 4. The van der Waals surface area contributed by atoms with Crippen LogP contribution in [0.3, 0.4) is 0 Å². The number of ether oxygens (including phenoxy) is 1.